The number of anilines is 4. The summed E-state index contributed by atoms with van der Waals surface area (Å²) >= 11 is 0. The number of aryl methyl sites for hydroxylation is 1. The average molecular weight is 451 g/mol. The third kappa shape index (κ3) is 4.57. The van der Waals surface area contributed by atoms with E-state index < -0.39 is 9.84 Å². The topological polar surface area (TPSA) is 104 Å². The van der Waals surface area contributed by atoms with Crippen molar-refractivity contribution in [1.29, 1.82) is 0 Å². The number of benzene rings is 2. The number of hydrogen-bond donors (Lipinski definition) is 2. The van der Waals surface area contributed by atoms with Crippen LogP contribution in [-0.4, -0.2) is 41.4 Å². The van der Waals surface area contributed by atoms with E-state index in [1.54, 1.807) is 30.5 Å². The second-order valence-electron chi connectivity index (χ2n) is 8.18. The van der Waals surface area contributed by atoms with E-state index in [-0.39, 0.29) is 16.6 Å². The molecule has 8 nitrogen and oxygen atoms in total. The smallest absolute Gasteiger partial charge is 0.229 e. The summed E-state index contributed by atoms with van der Waals surface area (Å²) in [6.07, 6.45) is 1.66. The summed E-state index contributed by atoms with van der Waals surface area (Å²) in [4.78, 5) is 11.1. The van der Waals surface area contributed by atoms with Crippen molar-refractivity contribution in [2.75, 3.05) is 23.0 Å². The zero-order valence-electron chi connectivity index (χ0n) is 18.5. The lowest BCUT2D eigenvalue weighted by molar-refractivity contribution is 0.582. The number of aromatic nitrogens is 4. The summed E-state index contributed by atoms with van der Waals surface area (Å²) in [7, 11) is -1.42. The Hall–Kier alpha value is -3.46. The highest BCUT2D eigenvalue weighted by molar-refractivity contribution is 7.91. The number of nitrogens with one attached hydrogen (secondary N) is 2. The SMILES string of the molecule is Cc1[nH]nc2cc(N(C)c3ccnc(Nc4cccc(S(=O)(=O)CC(C)C)c4)n3)ccc12. The second-order valence-corrected chi connectivity index (χ2v) is 10.2. The summed E-state index contributed by atoms with van der Waals surface area (Å²) < 4.78 is 25.1. The van der Waals surface area contributed by atoms with Crippen LogP contribution >= 0.6 is 0 Å². The summed E-state index contributed by atoms with van der Waals surface area (Å²) in [6, 6.07) is 14.6. The first-order valence-electron chi connectivity index (χ1n) is 10.3. The standard InChI is InChI=1S/C23H26N6O2S/c1-15(2)14-32(30,31)19-7-5-6-17(12-19)25-23-24-11-10-22(26-23)29(4)18-8-9-20-16(3)27-28-21(20)13-18/h5-13,15H,14H2,1-4H3,(H,27,28)(H,24,25,26). The fourth-order valence-electron chi connectivity index (χ4n) is 3.50. The molecule has 2 N–H and O–H groups in total. The highest BCUT2D eigenvalue weighted by Crippen LogP contribution is 2.27. The lowest BCUT2D eigenvalue weighted by atomic mass is 10.2. The van der Waals surface area contributed by atoms with Gasteiger partial charge in [-0.1, -0.05) is 19.9 Å². The van der Waals surface area contributed by atoms with Crippen molar-refractivity contribution in [2.45, 2.75) is 25.7 Å². The van der Waals surface area contributed by atoms with E-state index in [1.807, 2.05) is 57.0 Å². The molecule has 0 bridgehead atoms. The fourth-order valence-corrected chi connectivity index (χ4v) is 5.17. The monoisotopic (exact) mass is 450 g/mol. The molecule has 2 aromatic heterocycles. The molecule has 0 aliphatic rings. The molecule has 4 aromatic rings. The predicted molar refractivity (Wildman–Crippen MR) is 128 cm³/mol. The van der Waals surface area contributed by atoms with Crippen LogP contribution in [0.15, 0.2) is 59.6 Å². The maximum absolute atomic E-state index is 12.6. The van der Waals surface area contributed by atoms with E-state index in [9.17, 15) is 8.42 Å². The zero-order valence-corrected chi connectivity index (χ0v) is 19.3. The average Bonchev–Trinajstić information content (AvgIpc) is 3.13. The third-order valence-corrected chi connectivity index (χ3v) is 7.18. The van der Waals surface area contributed by atoms with Gasteiger partial charge in [-0.2, -0.15) is 10.1 Å². The summed E-state index contributed by atoms with van der Waals surface area (Å²) in [5, 5.41) is 11.5. The molecule has 0 amide bonds. The summed E-state index contributed by atoms with van der Waals surface area (Å²) in [6.45, 7) is 5.77. The Balaban J connectivity index is 1.57. The van der Waals surface area contributed by atoms with E-state index in [0.717, 1.165) is 22.3 Å². The van der Waals surface area contributed by atoms with Gasteiger partial charge in [0.1, 0.15) is 5.82 Å². The zero-order chi connectivity index (χ0) is 22.9. The molecular formula is C23H26N6O2S. The highest BCUT2D eigenvalue weighted by Gasteiger charge is 2.17. The van der Waals surface area contributed by atoms with Crippen molar-refractivity contribution in [2.24, 2.45) is 5.92 Å². The number of nitrogens with zero attached hydrogens (tertiary/aromatic N) is 4. The van der Waals surface area contributed by atoms with Gasteiger partial charge in [0.05, 0.1) is 16.2 Å². The van der Waals surface area contributed by atoms with E-state index in [1.165, 1.54) is 0 Å². The molecule has 0 saturated carbocycles. The van der Waals surface area contributed by atoms with Crippen LogP contribution < -0.4 is 10.2 Å². The Morgan fingerprint density at radius 2 is 1.94 bits per heavy atom. The molecule has 0 atom stereocenters. The van der Waals surface area contributed by atoms with Gasteiger partial charge in [0.2, 0.25) is 5.95 Å². The molecular weight excluding hydrogens is 424 g/mol. The van der Waals surface area contributed by atoms with Crippen LogP contribution in [0.4, 0.5) is 23.1 Å². The Morgan fingerprint density at radius 1 is 1.12 bits per heavy atom. The van der Waals surface area contributed by atoms with Gasteiger partial charge in [0, 0.05) is 35.7 Å². The van der Waals surface area contributed by atoms with E-state index in [2.05, 4.69) is 25.5 Å². The number of aromatic amines is 1. The maximum Gasteiger partial charge on any atom is 0.229 e. The molecule has 0 aliphatic carbocycles. The van der Waals surface area contributed by atoms with Gasteiger partial charge in [-0.3, -0.25) is 5.10 Å². The number of rotatable bonds is 7. The largest absolute Gasteiger partial charge is 0.329 e. The molecule has 0 fully saturated rings. The predicted octanol–water partition coefficient (Wildman–Crippen LogP) is 4.60. The highest BCUT2D eigenvalue weighted by atomic mass is 32.2. The Bertz CT molecular complexity index is 1360. The van der Waals surface area contributed by atoms with Crippen LogP contribution in [0, 0.1) is 12.8 Å². The van der Waals surface area contributed by atoms with Crippen molar-refractivity contribution in [1.82, 2.24) is 20.2 Å². The van der Waals surface area contributed by atoms with Gasteiger partial charge in [-0.05, 0) is 55.3 Å². The molecule has 2 heterocycles. The Kier molecular flexibility index (Phi) is 5.84. The van der Waals surface area contributed by atoms with Gasteiger partial charge in [0.25, 0.3) is 0 Å². The van der Waals surface area contributed by atoms with Crippen molar-refractivity contribution in [3.63, 3.8) is 0 Å². The summed E-state index contributed by atoms with van der Waals surface area (Å²) in [5.74, 6) is 1.23. The van der Waals surface area contributed by atoms with Gasteiger partial charge in [-0.25, -0.2) is 13.4 Å². The van der Waals surface area contributed by atoms with Crippen LogP contribution in [0.3, 0.4) is 0 Å². The number of H-pyrrole nitrogens is 1. The van der Waals surface area contributed by atoms with Crippen molar-refractivity contribution in [3.8, 4) is 0 Å². The van der Waals surface area contributed by atoms with Crippen molar-refractivity contribution >= 4 is 43.9 Å². The molecule has 9 heteroatoms. The third-order valence-electron chi connectivity index (χ3n) is 5.10. The van der Waals surface area contributed by atoms with Crippen LogP contribution in [-0.2, 0) is 9.84 Å². The Labute approximate surface area is 187 Å². The van der Waals surface area contributed by atoms with Crippen LogP contribution in [0.2, 0.25) is 0 Å². The molecule has 4 rings (SSSR count). The van der Waals surface area contributed by atoms with Gasteiger partial charge in [-0.15, -0.1) is 0 Å². The first kappa shape index (κ1) is 21.8. The molecule has 0 aliphatic heterocycles. The van der Waals surface area contributed by atoms with Crippen molar-refractivity contribution < 1.29 is 8.42 Å². The summed E-state index contributed by atoms with van der Waals surface area (Å²) in [5.41, 5.74) is 3.47. The minimum Gasteiger partial charge on any atom is -0.329 e. The van der Waals surface area contributed by atoms with E-state index >= 15 is 0 Å². The molecule has 0 saturated heterocycles. The minimum absolute atomic E-state index is 0.0526. The molecule has 32 heavy (non-hydrogen) atoms. The van der Waals surface area contributed by atoms with E-state index in [4.69, 9.17) is 0 Å². The van der Waals surface area contributed by atoms with Crippen LogP contribution in [0.25, 0.3) is 10.9 Å². The van der Waals surface area contributed by atoms with Gasteiger partial charge < -0.3 is 10.2 Å². The normalized spacial score (nSPS) is 11.8. The molecule has 0 radical (unpaired) electrons. The Morgan fingerprint density at radius 3 is 2.72 bits per heavy atom. The van der Waals surface area contributed by atoms with Crippen LogP contribution in [0.5, 0.6) is 0 Å². The van der Waals surface area contributed by atoms with Gasteiger partial charge in [0.15, 0.2) is 9.84 Å². The lowest BCUT2D eigenvalue weighted by Gasteiger charge is -2.19. The lowest BCUT2D eigenvalue weighted by Crippen LogP contribution is -2.13. The number of sulfone groups is 1. The number of hydrogen-bond acceptors (Lipinski definition) is 7. The molecule has 0 unspecified atom stereocenters. The first-order valence-corrected chi connectivity index (χ1v) is 12.0. The minimum atomic E-state index is -3.35. The maximum atomic E-state index is 12.6. The molecule has 2 aromatic carbocycles. The quantitative estimate of drug-likeness (QED) is 0.424. The van der Waals surface area contributed by atoms with Crippen LogP contribution in [0.1, 0.15) is 19.5 Å². The fraction of sp³-hybridized carbons (Fsp3) is 0.261. The first-order chi connectivity index (χ1) is 15.2. The molecule has 0 spiro atoms. The van der Waals surface area contributed by atoms with Gasteiger partial charge >= 0.3 is 0 Å². The second kappa shape index (κ2) is 8.58. The molecule has 166 valence electrons. The number of fused-ring (bicyclic) bond motifs is 1. The van der Waals surface area contributed by atoms with Crippen molar-refractivity contribution in [3.05, 3.63) is 60.4 Å². The van der Waals surface area contributed by atoms with E-state index in [0.29, 0.717) is 17.5 Å².